The number of cyclic esters (lactones) is 1. The Morgan fingerprint density at radius 1 is 1.21 bits per heavy atom. The molecule has 2 N–H and O–H groups in total. The maximum Gasteiger partial charge on any atom is 0.412 e. The lowest BCUT2D eigenvalue weighted by Gasteiger charge is -2.27. The Labute approximate surface area is 164 Å². The zero-order valence-electron chi connectivity index (χ0n) is 16.6. The lowest BCUT2D eigenvalue weighted by atomic mass is 9.86. The van der Waals surface area contributed by atoms with E-state index in [-0.39, 0.29) is 35.1 Å². The van der Waals surface area contributed by atoms with Crippen molar-refractivity contribution in [3.8, 4) is 0 Å². The highest BCUT2D eigenvalue weighted by Crippen LogP contribution is 2.68. The van der Waals surface area contributed by atoms with Gasteiger partial charge in [-0.3, -0.25) is 14.5 Å². The monoisotopic (exact) mass is 385 g/mol. The van der Waals surface area contributed by atoms with E-state index in [1.54, 1.807) is 34.1 Å². The molecule has 28 heavy (non-hydrogen) atoms. The fourth-order valence-electron chi connectivity index (χ4n) is 5.06. The number of fused-ring (bicyclic) bond motifs is 3. The average Bonchev–Trinajstić information content (AvgIpc) is 3.53. The molecule has 3 fully saturated rings. The highest BCUT2D eigenvalue weighted by molar-refractivity contribution is 6.08. The summed E-state index contributed by atoms with van der Waals surface area (Å²) < 4.78 is 5.37. The molecule has 3 aliphatic rings. The average molecular weight is 385 g/mol. The Morgan fingerprint density at radius 3 is 2.50 bits per heavy atom. The minimum Gasteiger partial charge on any atom is -0.449 e. The SMILES string of the molecule is CCCCCC1N(C(=O)c2ccccc2C(N)=O)[C@@]12C1N2C(=O)OCC1(C)C. The summed E-state index contributed by atoms with van der Waals surface area (Å²) in [5.41, 5.74) is 5.12. The van der Waals surface area contributed by atoms with Crippen molar-refractivity contribution in [2.75, 3.05) is 6.61 Å². The molecule has 1 aromatic carbocycles. The molecule has 4 rings (SSSR count). The van der Waals surface area contributed by atoms with Gasteiger partial charge in [-0.25, -0.2) is 4.79 Å². The van der Waals surface area contributed by atoms with E-state index in [4.69, 9.17) is 10.5 Å². The van der Waals surface area contributed by atoms with Crippen molar-refractivity contribution in [2.24, 2.45) is 11.1 Å². The van der Waals surface area contributed by atoms with Crippen LogP contribution in [0.15, 0.2) is 24.3 Å². The molecule has 0 aliphatic carbocycles. The van der Waals surface area contributed by atoms with Crippen molar-refractivity contribution < 1.29 is 19.1 Å². The van der Waals surface area contributed by atoms with E-state index in [1.807, 2.05) is 0 Å². The van der Waals surface area contributed by atoms with E-state index >= 15 is 0 Å². The molecule has 2 unspecified atom stereocenters. The second-order valence-corrected chi connectivity index (χ2v) is 8.70. The topological polar surface area (TPSA) is 92.5 Å². The number of ether oxygens (including phenoxy) is 1. The first-order chi connectivity index (χ1) is 13.3. The van der Waals surface area contributed by atoms with Crippen molar-refractivity contribution in [1.29, 1.82) is 0 Å². The Hall–Kier alpha value is -2.57. The maximum atomic E-state index is 13.4. The largest absolute Gasteiger partial charge is 0.449 e. The molecule has 3 heterocycles. The predicted octanol–water partition coefficient (Wildman–Crippen LogP) is 2.75. The summed E-state index contributed by atoms with van der Waals surface area (Å²) in [7, 11) is 0. The molecule has 3 aliphatic heterocycles. The number of carbonyl (C=O) groups is 3. The van der Waals surface area contributed by atoms with E-state index in [0.29, 0.717) is 12.2 Å². The van der Waals surface area contributed by atoms with E-state index < -0.39 is 11.6 Å². The molecule has 0 aromatic heterocycles. The lowest BCUT2D eigenvalue weighted by molar-refractivity contribution is 0.0494. The smallest absolute Gasteiger partial charge is 0.412 e. The van der Waals surface area contributed by atoms with E-state index in [9.17, 15) is 14.4 Å². The van der Waals surface area contributed by atoms with Crippen LogP contribution in [0.5, 0.6) is 0 Å². The summed E-state index contributed by atoms with van der Waals surface area (Å²) in [6, 6.07) is 6.49. The number of amides is 3. The number of unbranched alkanes of at least 4 members (excludes halogenated alkanes) is 2. The van der Waals surface area contributed by atoms with Crippen LogP contribution in [0, 0.1) is 5.41 Å². The molecule has 3 saturated heterocycles. The fourth-order valence-corrected chi connectivity index (χ4v) is 5.06. The quantitative estimate of drug-likeness (QED) is 0.602. The fraction of sp³-hybridized carbons (Fsp3) is 0.571. The minimum atomic E-state index is -0.629. The molecule has 7 heteroatoms. The number of nitrogens with two attached hydrogens (primary N) is 1. The summed E-state index contributed by atoms with van der Waals surface area (Å²) in [6.07, 6.45) is 3.61. The van der Waals surface area contributed by atoms with Gasteiger partial charge in [0.2, 0.25) is 5.91 Å². The predicted molar refractivity (Wildman–Crippen MR) is 103 cm³/mol. The van der Waals surface area contributed by atoms with Crippen molar-refractivity contribution in [3.05, 3.63) is 35.4 Å². The third kappa shape index (κ3) is 2.45. The number of hydrogen-bond donors (Lipinski definition) is 1. The van der Waals surface area contributed by atoms with Gasteiger partial charge in [0.05, 0.1) is 23.2 Å². The van der Waals surface area contributed by atoms with Crippen LogP contribution in [0.4, 0.5) is 4.79 Å². The van der Waals surface area contributed by atoms with E-state index in [0.717, 1.165) is 25.7 Å². The summed E-state index contributed by atoms with van der Waals surface area (Å²) in [4.78, 5) is 41.2. The number of primary amides is 1. The molecule has 3 atom stereocenters. The second kappa shape index (κ2) is 6.22. The van der Waals surface area contributed by atoms with Crippen LogP contribution in [0.3, 0.4) is 0 Å². The van der Waals surface area contributed by atoms with Gasteiger partial charge in [-0.1, -0.05) is 52.2 Å². The van der Waals surface area contributed by atoms with Crippen molar-refractivity contribution >= 4 is 17.9 Å². The van der Waals surface area contributed by atoms with Crippen molar-refractivity contribution in [2.45, 2.75) is 64.2 Å². The normalized spacial score (nSPS) is 29.3. The highest BCUT2D eigenvalue weighted by atomic mass is 16.6. The van der Waals surface area contributed by atoms with Gasteiger partial charge in [-0.05, 0) is 18.6 Å². The van der Waals surface area contributed by atoms with Gasteiger partial charge in [-0.15, -0.1) is 0 Å². The van der Waals surface area contributed by atoms with E-state index in [2.05, 4.69) is 20.8 Å². The van der Waals surface area contributed by atoms with Gasteiger partial charge in [-0.2, -0.15) is 0 Å². The summed E-state index contributed by atoms with van der Waals surface area (Å²) in [5.74, 6) is -0.871. The molecule has 1 spiro atoms. The standard InChI is InChI=1S/C21H27N3O4/c1-4-5-6-11-15-21(18-20(2,3)12-28-19(27)24(18)21)23(15)17(26)14-10-8-7-9-13(14)16(22)25/h7-10,15,18H,4-6,11-12H2,1-3H3,(H2,22,25)/t15?,18?,21-,23?,24?/m0/s1. The highest BCUT2D eigenvalue weighted by Gasteiger charge is 2.90. The molecular formula is C21H27N3O4. The van der Waals surface area contributed by atoms with Crippen LogP contribution in [0.2, 0.25) is 0 Å². The molecule has 1 aromatic rings. The van der Waals surface area contributed by atoms with E-state index in [1.165, 1.54) is 0 Å². The number of hydrogen-bond acceptors (Lipinski definition) is 4. The zero-order valence-corrected chi connectivity index (χ0v) is 16.6. The molecular weight excluding hydrogens is 358 g/mol. The van der Waals surface area contributed by atoms with Crippen LogP contribution >= 0.6 is 0 Å². The lowest BCUT2D eigenvalue weighted by Crippen LogP contribution is -2.37. The van der Waals surface area contributed by atoms with Gasteiger partial charge in [0, 0.05) is 5.41 Å². The number of benzene rings is 1. The van der Waals surface area contributed by atoms with Crippen LogP contribution < -0.4 is 5.73 Å². The number of carbonyl (C=O) groups excluding carboxylic acids is 3. The van der Waals surface area contributed by atoms with Crippen molar-refractivity contribution in [3.63, 3.8) is 0 Å². The third-order valence-electron chi connectivity index (χ3n) is 6.33. The summed E-state index contributed by atoms with van der Waals surface area (Å²) >= 11 is 0. The van der Waals surface area contributed by atoms with Crippen LogP contribution in [0.1, 0.15) is 67.2 Å². The molecule has 150 valence electrons. The minimum absolute atomic E-state index is 0.0533. The first kappa shape index (κ1) is 18.8. The Kier molecular flexibility index (Phi) is 4.17. The van der Waals surface area contributed by atoms with Crippen LogP contribution in [-0.2, 0) is 4.74 Å². The third-order valence-corrected chi connectivity index (χ3v) is 6.33. The summed E-state index contributed by atoms with van der Waals surface area (Å²) in [5, 5.41) is 0. The first-order valence-corrected chi connectivity index (χ1v) is 9.97. The molecule has 0 bridgehead atoms. The molecule has 0 saturated carbocycles. The molecule has 7 nitrogen and oxygen atoms in total. The molecule has 3 amide bonds. The van der Waals surface area contributed by atoms with Crippen molar-refractivity contribution in [1.82, 2.24) is 9.80 Å². The molecule has 0 radical (unpaired) electrons. The number of nitrogens with zero attached hydrogens (tertiary/aromatic N) is 2. The first-order valence-electron chi connectivity index (χ1n) is 9.97. The van der Waals surface area contributed by atoms with Crippen LogP contribution in [-0.4, -0.2) is 52.1 Å². The Balaban J connectivity index is 1.69. The van der Waals surface area contributed by atoms with Gasteiger partial charge in [0.1, 0.15) is 6.61 Å². The van der Waals surface area contributed by atoms with Gasteiger partial charge in [0.15, 0.2) is 5.66 Å². The summed E-state index contributed by atoms with van der Waals surface area (Å²) in [6.45, 7) is 6.60. The van der Waals surface area contributed by atoms with Gasteiger partial charge < -0.3 is 15.4 Å². The number of rotatable bonds is 6. The second-order valence-electron chi connectivity index (χ2n) is 8.70. The Bertz CT molecular complexity index is 852. The van der Waals surface area contributed by atoms with Crippen LogP contribution in [0.25, 0.3) is 0 Å². The maximum absolute atomic E-state index is 13.4. The Morgan fingerprint density at radius 2 is 1.89 bits per heavy atom. The zero-order chi connectivity index (χ0) is 20.3. The van der Waals surface area contributed by atoms with Gasteiger partial charge >= 0.3 is 6.09 Å². The van der Waals surface area contributed by atoms with Gasteiger partial charge in [0.25, 0.3) is 5.91 Å².